The number of amides is 1. The zero-order valence-corrected chi connectivity index (χ0v) is 20.9. The zero-order valence-electron chi connectivity index (χ0n) is 20.1. The van der Waals surface area contributed by atoms with Crippen LogP contribution in [0.1, 0.15) is 49.3 Å². The molecule has 3 rings (SSSR count). The fraction of sp³-hybridized carbons (Fsp3) is 0.417. The number of nitrogens with two attached hydrogens (primary N) is 1. The van der Waals surface area contributed by atoms with Crippen molar-refractivity contribution in [3.8, 4) is 0 Å². The monoisotopic (exact) mass is 486 g/mol. The Morgan fingerprint density at radius 1 is 1.15 bits per heavy atom. The summed E-state index contributed by atoms with van der Waals surface area (Å²) in [5.74, 6) is -0.447. The van der Waals surface area contributed by atoms with Gasteiger partial charge in [0.1, 0.15) is 11.0 Å². The summed E-state index contributed by atoms with van der Waals surface area (Å²) < 4.78 is 2.84. The third kappa shape index (κ3) is 5.25. The molecule has 2 aromatic heterocycles. The number of carbonyl (C=O) groups excluding carboxylic acids is 1. The highest BCUT2D eigenvalue weighted by atomic mass is 35.5. The highest BCUT2D eigenvalue weighted by molar-refractivity contribution is 6.34. The summed E-state index contributed by atoms with van der Waals surface area (Å²) in [5, 5.41) is 4.63. The van der Waals surface area contributed by atoms with Crippen LogP contribution in [0, 0.1) is 18.8 Å². The summed E-state index contributed by atoms with van der Waals surface area (Å²) in [6, 6.07) is 9.63. The normalized spacial score (nSPS) is 11.4. The number of hydrogen-bond donors (Lipinski definition) is 2. The molecule has 2 heterocycles. The van der Waals surface area contributed by atoms with Gasteiger partial charge in [-0.15, -0.1) is 0 Å². The Hall–Kier alpha value is -3.33. The van der Waals surface area contributed by atoms with E-state index in [2.05, 4.69) is 10.1 Å². The molecule has 0 aliphatic carbocycles. The van der Waals surface area contributed by atoms with Crippen molar-refractivity contribution < 1.29 is 4.79 Å². The average molecular weight is 487 g/mol. The largest absolute Gasteiger partial charge is 0.383 e. The Balaban J connectivity index is 2.11. The van der Waals surface area contributed by atoms with E-state index in [9.17, 15) is 14.4 Å². The number of H-pyrrole nitrogens is 1. The van der Waals surface area contributed by atoms with E-state index >= 15 is 0 Å². The molecule has 0 saturated heterocycles. The molecule has 1 amide bonds. The molecule has 0 saturated carbocycles. The standard InChI is InChI=1S/C24H31ClN6O3/c1-14(2)11-29(19-21(26)30(12-15(3)4)24(34)27-22(19)32)23(33)18-16(5)28-31(20(18)25)13-17-9-7-6-8-10-17/h6-10,14-15H,11-13,26H2,1-5H3,(H,27,32,34). The minimum Gasteiger partial charge on any atom is -0.383 e. The smallest absolute Gasteiger partial charge is 0.330 e. The molecule has 10 heteroatoms. The summed E-state index contributed by atoms with van der Waals surface area (Å²) in [7, 11) is 0. The number of nitrogens with one attached hydrogen (secondary N) is 1. The Labute approximate surface area is 203 Å². The minimum atomic E-state index is -0.720. The first kappa shape index (κ1) is 25.3. The molecule has 0 fully saturated rings. The van der Waals surface area contributed by atoms with E-state index in [1.54, 1.807) is 11.6 Å². The molecule has 0 unspecified atom stereocenters. The lowest BCUT2D eigenvalue weighted by Crippen LogP contribution is -2.43. The van der Waals surface area contributed by atoms with Gasteiger partial charge >= 0.3 is 5.69 Å². The number of aromatic nitrogens is 4. The second kappa shape index (κ2) is 10.3. The molecular formula is C24H31ClN6O3. The number of benzene rings is 1. The number of nitrogen functional groups attached to an aromatic ring is 1. The number of aromatic amines is 1. The molecule has 3 N–H and O–H groups in total. The number of halogens is 1. The molecule has 0 bridgehead atoms. The first-order valence-electron chi connectivity index (χ1n) is 11.2. The van der Waals surface area contributed by atoms with E-state index in [1.165, 1.54) is 9.47 Å². The number of aryl methyl sites for hydroxylation is 1. The summed E-state index contributed by atoms with van der Waals surface area (Å²) in [6.07, 6.45) is 0. The molecule has 0 aliphatic heterocycles. The Kier molecular flexibility index (Phi) is 7.66. The Bertz CT molecular complexity index is 1290. The lowest BCUT2D eigenvalue weighted by atomic mass is 10.1. The van der Waals surface area contributed by atoms with Crippen molar-refractivity contribution in [2.24, 2.45) is 11.8 Å². The fourth-order valence-electron chi connectivity index (χ4n) is 3.82. The van der Waals surface area contributed by atoms with Gasteiger partial charge in [0.25, 0.3) is 11.5 Å². The second-order valence-corrected chi connectivity index (χ2v) is 9.56. The third-order valence-electron chi connectivity index (χ3n) is 5.28. The van der Waals surface area contributed by atoms with Gasteiger partial charge in [-0.3, -0.25) is 19.1 Å². The van der Waals surface area contributed by atoms with Crippen LogP contribution >= 0.6 is 11.6 Å². The van der Waals surface area contributed by atoms with Gasteiger partial charge in [0.05, 0.1) is 17.8 Å². The van der Waals surface area contributed by atoms with Crippen molar-refractivity contribution >= 4 is 29.0 Å². The summed E-state index contributed by atoms with van der Waals surface area (Å²) in [4.78, 5) is 42.7. The lowest BCUT2D eigenvalue weighted by Gasteiger charge is -2.26. The molecule has 9 nitrogen and oxygen atoms in total. The molecule has 1 aromatic carbocycles. The van der Waals surface area contributed by atoms with E-state index in [4.69, 9.17) is 17.3 Å². The van der Waals surface area contributed by atoms with Crippen molar-refractivity contribution in [3.63, 3.8) is 0 Å². The van der Waals surface area contributed by atoms with Crippen molar-refractivity contribution in [2.45, 2.75) is 47.7 Å². The van der Waals surface area contributed by atoms with E-state index in [0.717, 1.165) is 5.56 Å². The predicted molar refractivity (Wildman–Crippen MR) is 135 cm³/mol. The van der Waals surface area contributed by atoms with Gasteiger partial charge in [-0.1, -0.05) is 69.6 Å². The van der Waals surface area contributed by atoms with E-state index in [-0.39, 0.29) is 40.6 Å². The summed E-state index contributed by atoms with van der Waals surface area (Å²) in [6.45, 7) is 10.3. The third-order valence-corrected chi connectivity index (χ3v) is 5.66. The van der Waals surface area contributed by atoms with Gasteiger partial charge in [0.2, 0.25) is 0 Å². The first-order valence-corrected chi connectivity index (χ1v) is 11.6. The number of nitrogens with zero attached hydrogens (tertiary/aromatic N) is 4. The van der Waals surface area contributed by atoms with Crippen LogP contribution in [0.5, 0.6) is 0 Å². The molecule has 34 heavy (non-hydrogen) atoms. The van der Waals surface area contributed by atoms with Gasteiger partial charge < -0.3 is 10.6 Å². The van der Waals surface area contributed by atoms with Gasteiger partial charge in [-0.05, 0) is 24.3 Å². The summed E-state index contributed by atoms with van der Waals surface area (Å²) >= 11 is 6.63. The van der Waals surface area contributed by atoms with Crippen LogP contribution < -0.4 is 21.9 Å². The van der Waals surface area contributed by atoms with Crippen LogP contribution in [0.15, 0.2) is 39.9 Å². The maximum atomic E-state index is 13.8. The van der Waals surface area contributed by atoms with Crippen LogP contribution in [0.25, 0.3) is 0 Å². The quantitative estimate of drug-likeness (QED) is 0.506. The molecule has 3 aromatic rings. The van der Waals surface area contributed by atoms with Crippen molar-refractivity contribution in [3.05, 3.63) is 73.1 Å². The van der Waals surface area contributed by atoms with Crippen LogP contribution in [-0.4, -0.2) is 31.8 Å². The Morgan fingerprint density at radius 3 is 2.38 bits per heavy atom. The van der Waals surface area contributed by atoms with Crippen LogP contribution in [0.3, 0.4) is 0 Å². The molecule has 0 radical (unpaired) electrons. The molecule has 0 spiro atoms. The zero-order chi connectivity index (χ0) is 25.2. The second-order valence-electron chi connectivity index (χ2n) is 9.20. The van der Waals surface area contributed by atoms with E-state index < -0.39 is 17.2 Å². The summed E-state index contributed by atoms with van der Waals surface area (Å²) in [5.41, 5.74) is 6.52. The maximum Gasteiger partial charge on any atom is 0.330 e. The average Bonchev–Trinajstić information content (AvgIpc) is 3.03. The van der Waals surface area contributed by atoms with Crippen molar-refractivity contribution in [1.82, 2.24) is 19.3 Å². The number of carbonyl (C=O) groups is 1. The van der Waals surface area contributed by atoms with Crippen molar-refractivity contribution in [1.29, 1.82) is 0 Å². The minimum absolute atomic E-state index is 0.00618. The predicted octanol–water partition coefficient (Wildman–Crippen LogP) is 3.28. The highest BCUT2D eigenvalue weighted by Gasteiger charge is 2.30. The number of anilines is 2. The lowest BCUT2D eigenvalue weighted by molar-refractivity contribution is 0.0983. The molecular weight excluding hydrogens is 456 g/mol. The molecule has 0 atom stereocenters. The van der Waals surface area contributed by atoms with E-state index in [1.807, 2.05) is 58.0 Å². The highest BCUT2D eigenvalue weighted by Crippen LogP contribution is 2.27. The van der Waals surface area contributed by atoms with Crippen LogP contribution in [0.4, 0.5) is 11.5 Å². The van der Waals surface area contributed by atoms with Gasteiger partial charge in [-0.2, -0.15) is 5.10 Å². The van der Waals surface area contributed by atoms with Crippen molar-refractivity contribution in [2.75, 3.05) is 17.2 Å². The van der Waals surface area contributed by atoms with Crippen LogP contribution in [-0.2, 0) is 13.1 Å². The van der Waals surface area contributed by atoms with Crippen LogP contribution in [0.2, 0.25) is 5.15 Å². The van der Waals surface area contributed by atoms with Gasteiger partial charge in [0.15, 0.2) is 5.69 Å². The molecule has 0 aliphatic rings. The Morgan fingerprint density at radius 2 is 1.79 bits per heavy atom. The van der Waals surface area contributed by atoms with E-state index in [0.29, 0.717) is 18.8 Å². The number of rotatable bonds is 8. The maximum absolute atomic E-state index is 13.8. The fourth-order valence-corrected chi connectivity index (χ4v) is 4.13. The number of hydrogen-bond acceptors (Lipinski definition) is 5. The topological polar surface area (TPSA) is 119 Å². The molecule has 182 valence electrons. The van der Waals surface area contributed by atoms with Gasteiger partial charge in [0, 0.05) is 13.1 Å². The SMILES string of the molecule is Cc1nn(Cc2ccccc2)c(Cl)c1C(=O)N(CC(C)C)c1c(N)n(CC(C)C)c(=O)[nH]c1=O. The van der Waals surface area contributed by atoms with Gasteiger partial charge in [-0.25, -0.2) is 9.48 Å². The first-order chi connectivity index (χ1) is 16.0.